The molecule has 2 aromatic rings. The van der Waals surface area contributed by atoms with Crippen molar-refractivity contribution in [3.63, 3.8) is 0 Å². The van der Waals surface area contributed by atoms with Crippen LogP contribution in [0.5, 0.6) is 0 Å². The van der Waals surface area contributed by atoms with Gasteiger partial charge in [-0.2, -0.15) is 0 Å². The van der Waals surface area contributed by atoms with E-state index in [1.165, 1.54) is 0 Å². The summed E-state index contributed by atoms with van der Waals surface area (Å²) in [5.41, 5.74) is 1.78. The molecule has 0 spiro atoms. The van der Waals surface area contributed by atoms with Crippen molar-refractivity contribution in [2.45, 2.75) is 33.3 Å². The molecule has 0 bridgehead atoms. The smallest absolute Gasteiger partial charge is 0.142 e. The molecule has 0 amide bonds. The minimum Gasteiger partial charge on any atom is -0.387 e. The number of pyridine rings is 1. The fourth-order valence-electron chi connectivity index (χ4n) is 2.29. The van der Waals surface area contributed by atoms with Crippen LogP contribution in [0.25, 0.3) is 10.7 Å². The second-order valence-corrected chi connectivity index (χ2v) is 6.05. The first-order valence-corrected chi connectivity index (χ1v) is 8.26. The van der Waals surface area contributed by atoms with Crippen LogP contribution in [-0.2, 0) is 0 Å². The average molecular weight is 305 g/mol. The van der Waals surface area contributed by atoms with E-state index in [0.717, 1.165) is 47.3 Å². The second kappa shape index (κ2) is 7.64. The van der Waals surface area contributed by atoms with Gasteiger partial charge in [-0.1, -0.05) is 19.9 Å². The van der Waals surface area contributed by atoms with E-state index in [1.807, 2.05) is 25.1 Å². The molecule has 114 valence electrons. The first-order chi connectivity index (χ1) is 10.2. The summed E-state index contributed by atoms with van der Waals surface area (Å²) in [6.07, 6.45) is 2.06. The summed E-state index contributed by atoms with van der Waals surface area (Å²) in [7, 11) is 0. The first-order valence-electron chi connectivity index (χ1n) is 7.44. The maximum atomic E-state index is 10.4. The van der Waals surface area contributed by atoms with Crippen LogP contribution >= 0.6 is 11.3 Å². The van der Waals surface area contributed by atoms with E-state index in [-0.39, 0.29) is 0 Å². The van der Waals surface area contributed by atoms with Crippen LogP contribution in [0.1, 0.15) is 36.9 Å². The van der Waals surface area contributed by atoms with Gasteiger partial charge >= 0.3 is 0 Å². The van der Waals surface area contributed by atoms with E-state index < -0.39 is 6.10 Å². The zero-order chi connectivity index (χ0) is 15.2. The number of hydrogen-bond acceptors (Lipinski definition) is 5. The van der Waals surface area contributed by atoms with Crippen molar-refractivity contribution in [2.24, 2.45) is 0 Å². The normalized spacial score (nSPS) is 12.8. The average Bonchev–Trinajstić information content (AvgIpc) is 2.91. The van der Waals surface area contributed by atoms with E-state index in [2.05, 4.69) is 28.7 Å². The standard InChI is InChI=1S/C16H23N3OS/c1-4-19(5-2)11-9-14(20)15-12(3)18-16(21-15)13-8-6-7-10-17-13/h6-8,10,14,20H,4-5,9,11H2,1-3H3. The zero-order valence-electron chi connectivity index (χ0n) is 12.9. The van der Waals surface area contributed by atoms with Gasteiger partial charge in [-0.05, 0) is 38.6 Å². The van der Waals surface area contributed by atoms with Crippen molar-refractivity contribution in [1.29, 1.82) is 0 Å². The highest BCUT2D eigenvalue weighted by atomic mass is 32.1. The third-order valence-electron chi connectivity index (χ3n) is 3.63. The molecular formula is C16H23N3OS. The van der Waals surface area contributed by atoms with Crippen LogP contribution in [0.2, 0.25) is 0 Å². The highest BCUT2D eigenvalue weighted by molar-refractivity contribution is 7.15. The van der Waals surface area contributed by atoms with Gasteiger partial charge in [-0.25, -0.2) is 4.98 Å². The summed E-state index contributed by atoms with van der Waals surface area (Å²) >= 11 is 1.55. The summed E-state index contributed by atoms with van der Waals surface area (Å²) in [6, 6.07) is 5.80. The number of rotatable bonds is 7. The third-order valence-corrected chi connectivity index (χ3v) is 4.91. The van der Waals surface area contributed by atoms with Crippen LogP contribution in [0.3, 0.4) is 0 Å². The van der Waals surface area contributed by atoms with Crippen LogP contribution in [-0.4, -0.2) is 39.6 Å². The molecule has 0 fully saturated rings. The Bertz CT molecular complexity index is 552. The molecule has 4 nitrogen and oxygen atoms in total. The van der Waals surface area contributed by atoms with Gasteiger partial charge in [0.2, 0.25) is 0 Å². The lowest BCUT2D eigenvalue weighted by Gasteiger charge is -2.19. The molecule has 0 radical (unpaired) electrons. The summed E-state index contributed by atoms with van der Waals surface area (Å²) in [5.74, 6) is 0. The number of aliphatic hydroxyl groups excluding tert-OH is 1. The number of aromatic nitrogens is 2. The predicted molar refractivity (Wildman–Crippen MR) is 87.4 cm³/mol. The lowest BCUT2D eigenvalue weighted by atomic mass is 10.2. The molecular weight excluding hydrogens is 282 g/mol. The van der Waals surface area contributed by atoms with Gasteiger partial charge < -0.3 is 10.0 Å². The first kappa shape index (κ1) is 16.1. The lowest BCUT2D eigenvalue weighted by molar-refractivity contribution is 0.147. The Hall–Kier alpha value is -1.30. The van der Waals surface area contributed by atoms with Gasteiger partial charge in [0.25, 0.3) is 0 Å². The van der Waals surface area contributed by atoms with Crippen LogP contribution < -0.4 is 0 Å². The zero-order valence-corrected chi connectivity index (χ0v) is 13.7. The van der Waals surface area contributed by atoms with E-state index >= 15 is 0 Å². The fraction of sp³-hybridized carbons (Fsp3) is 0.500. The molecule has 0 aliphatic carbocycles. The van der Waals surface area contributed by atoms with Crippen molar-refractivity contribution in [3.8, 4) is 10.7 Å². The molecule has 2 rings (SSSR count). The van der Waals surface area contributed by atoms with E-state index in [0.29, 0.717) is 0 Å². The molecule has 0 aliphatic heterocycles. The van der Waals surface area contributed by atoms with Crippen molar-refractivity contribution >= 4 is 11.3 Å². The molecule has 1 N–H and O–H groups in total. The molecule has 0 saturated carbocycles. The highest BCUT2D eigenvalue weighted by Crippen LogP contribution is 2.32. The third kappa shape index (κ3) is 4.09. The molecule has 1 atom stereocenters. The molecule has 2 aromatic heterocycles. The number of aryl methyl sites for hydroxylation is 1. The van der Waals surface area contributed by atoms with Crippen molar-refractivity contribution in [3.05, 3.63) is 35.0 Å². The maximum Gasteiger partial charge on any atom is 0.142 e. The minimum absolute atomic E-state index is 0.444. The monoisotopic (exact) mass is 305 g/mol. The second-order valence-electron chi connectivity index (χ2n) is 5.02. The molecule has 21 heavy (non-hydrogen) atoms. The largest absolute Gasteiger partial charge is 0.387 e. The number of hydrogen-bond donors (Lipinski definition) is 1. The van der Waals surface area contributed by atoms with E-state index in [9.17, 15) is 5.11 Å². The number of thiazole rings is 1. The highest BCUT2D eigenvalue weighted by Gasteiger charge is 2.17. The lowest BCUT2D eigenvalue weighted by Crippen LogP contribution is -2.25. The Morgan fingerprint density at radius 1 is 1.29 bits per heavy atom. The summed E-state index contributed by atoms with van der Waals surface area (Å²) < 4.78 is 0. The van der Waals surface area contributed by atoms with Crippen molar-refractivity contribution in [2.75, 3.05) is 19.6 Å². The molecule has 1 unspecified atom stereocenters. The molecule has 5 heteroatoms. The molecule has 2 heterocycles. The topological polar surface area (TPSA) is 49.2 Å². The van der Waals surface area contributed by atoms with Gasteiger partial charge in [0.15, 0.2) is 0 Å². The maximum absolute atomic E-state index is 10.4. The van der Waals surface area contributed by atoms with E-state index in [1.54, 1.807) is 17.5 Å². The van der Waals surface area contributed by atoms with Gasteiger partial charge in [0, 0.05) is 12.7 Å². The quantitative estimate of drug-likeness (QED) is 0.853. The number of nitrogens with zero attached hydrogens (tertiary/aromatic N) is 3. The summed E-state index contributed by atoms with van der Waals surface area (Å²) in [5, 5.41) is 11.3. The Labute approximate surface area is 130 Å². The SMILES string of the molecule is CCN(CC)CCC(O)c1sc(-c2ccccn2)nc1C. The predicted octanol–water partition coefficient (Wildman–Crippen LogP) is 3.28. The van der Waals surface area contributed by atoms with Crippen LogP contribution in [0.4, 0.5) is 0 Å². The van der Waals surface area contributed by atoms with Crippen molar-refractivity contribution in [1.82, 2.24) is 14.9 Å². The Morgan fingerprint density at radius 3 is 2.67 bits per heavy atom. The van der Waals surface area contributed by atoms with Crippen LogP contribution in [0.15, 0.2) is 24.4 Å². The fourth-order valence-corrected chi connectivity index (χ4v) is 3.36. The van der Waals surface area contributed by atoms with Gasteiger partial charge in [0.1, 0.15) is 5.01 Å². The molecule has 0 saturated heterocycles. The van der Waals surface area contributed by atoms with Crippen LogP contribution in [0, 0.1) is 6.92 Å². The Kier molecular flexibility index (Phi) is 5.85. The summed E-state index contributed by atoms with van der Waals surface area (Å²) in [4.78, 5) is 12.2. The molecule has 0 aromatic carbocycles. The number of aliphatic hydroxyl groups is 1. The Balaban J connectivity index is 2.08. The van der Waals surface area contributed by atoms with Gasteiger partial charge in [0.05, 0.1) is 22.4 Å². The minimum atomic E-state index is -0.444. The summed E-state index contributed by atoms with van der Waals surface area (Å²) in [6.45, 7) is 9.19. The van der Waals surface area contributed by atoms with Crippen molar-refractivity contribution < 1.29 is 5.11 Å². The van der Waals surface area contributed by atoms with Gasteiger partial charge in [-0.15, -0.1) is 11.3 Å². The molecule has 0 aliphatic rings. The van der Waals surface area contributed by atoms with E-state index in [4.69, 9.17) is 0 Å². The van der Waals surface area contributed by atoms with Gasteiger partial charge in [-0.3, -0.25) is 4.98 Å². The Morgan fingerprint density at radius 2 is 2.05 bits per heavy atom.